The van der Waals surface area contributed by atoms with Gasteiger partial charge in [0.05, 0.1) is 24.7 Å². The van der Waals surface area contributed by atoms with Gasteiger partial charge in [0.2, 0.25) is 10.0 Å². The molecule has 0 fully saturated rings. The van der Waals surface area contributed by atoms with E-state index in [0.29, 0.717) is 37.3 Å². The number of sulfonamides is 1. The predicted octanol–water partition coefficient (Wildman–Crippen LogP) is 1.19. The van der Waals surface area contributed by atoms with Crippen LogP contribution in [0.2, 0.25) is 0 Å². The second-order valence-corrected chi connectivity index (χ2v) is 7.48. The van der Waals surface area contributed by atoms with Crippen LogP contribution in [0.1, 0.15) is 18.7 Å². The van der Waals surface area contributed by atoms with Crippen LogP contribution in [-0.2, 0) is 26.0 Å². The van der Waals surface area contributed by atoms with Crippen molar-refractivity contribution in [3.05, 3.63) is 16.3 Å². The zero-order chi connectivity index (χ0) is 15.7. The van der Waals surface area contributed by atoms with Gasteiger partial charge < -0.3 is 14.8 Å². The van der Waals surface area contributed by atoms with E-state index in [1.165, 1.54) is 11.3 Å². The van der Waals surface area contributed by atoms with Crippen molar-refractivity contribution in [1.82, 2.24) is 10.0 Å². The molecule has 1 heterocycles. The van der Waals surface area contributed by atoms with Gasteiger partial charge in [-0.25, -0.2) is 13.1 Å². The predicted molar refractivity (Wildman–Crippen MR) is 84.2 cm³/mol. The molecule has 0 aliphatic rings. The Morgan fingerprint density at radius 3 is 2.71 bits per heavy atom. The molecule has 0 saturated heterocycles. The van der Waals surface area contributed by atoms with Gasteiger partial charge in [-0.1, -0.05) is 13.8 Å². The van der Waals surface area contributed by atoms with Gasteiger partial charge in [0.25, 0.3) is 0 Å². The van der Waals surface area contributed by atoms with E-state index < -0.39 is 10.0 Å². The van der Waals surface area contributed by atoms with Gasteiger partial charge in [-0.15, -0.1) is 11.3 Å². The molecule has 2 N–H and O–H groups in total. The highest BCUT2D eigenvalue weighted by Crippen LogP contribution is 2.21. The highest BCUT2D eigenvalue weighted by Gasteiger charge is 2.19. The maximum absolute atomic E-state index is 12.2. The molecule has 0 amide bonds. The first kappa shape index (κ1) is 18.5. The van der Waals surface area contributed by atoms with Crippen LogP contribution in [0.5, 0.6) is 0 Å². The lowest BCUT2D eigenvalue weighted by atomic mass is 10.4. The summed E-state index contributed by atoms with van der Waals surface area (Å²) in [4.78, 5) is 1.16. The van der Waals surface area contributed by atoms with Crippen molar-refractivity contribution in [2.75, 3.05) is 33.5 Å². The molecule has 0 aromatic carbocycles. The molecule has 6 nitrogen and oxygen atoms in total. The summed E-state index contributed by atoms with van der Waals surface area (Å²) in [5.74, 6) is 0. The fourth-order valence-electron chi connectivity index (χ4n) is 1.56. The summed E-state index contributed by atoms with van der Waals surface area (Å²) >= 11 is 1.44. The average Bonchev–Trinajstić information content (AvgIpc) is 2.89. The van der Waals surface area contributed by atoms with Gasteiger partial charge in [0, 0.05) is 31.1 Å². The minimum atomic E-state index is -3.48. The molecule has 0 aliphatic heterocycles. The minimum absolute atomic E-state index is 0.249. The molecule has 0 atom stereocenters. The lowest BCUT2D eigenvalue weighted by Gasteiger charge is -2.10. The monoisotopic (exact) mass is 336 g/mol. The van der Waals surface area contributed by atoms with Gasteiger partial charge in [-0.2, -0.15) is 0 Å². The van der Waals surface area contributed by atoms with Crippen LogP contribution in [0.4, 0.5) is 0 Å². The molecule has 0 aliphatic carbocycles. The Labute approximate surface area is 130 Å². The standard InChI is InChI=1S/C13H24N2O4S2/c1-11(2)14-10-12-13(4-9-20-12)21(16,17)15-5-6-19-8-7-18-3/h4,9,11,14-15H,5-8,10H2,1-3H3. The van der Waals surface area contributed by atoms with Crippen LogP contribution in [0.3, 0.4) is 0 Å². The first-order valence-corrected chi connectivity index (χ1v) is 9.19. The molecule has 0 spiro atoms. The SMILES string of the molecule is COCCOCCNS(=O)(=O)c1ccsc1CNC(C)C. The summed E-state index contributed by atoms with van der Waals surface area (Å²) < 4.78 is 37.1. The first-order chi connectivity index (χ1) is 9.97. The van der Waals surface area contributed by atoms with E-state index in [-0.39, 0.29) is 6.54 Å². The average molecular weight is 336 g/mol. The Kier molecular flexibility index (Phi) is 8.38. The van der Waals surface area contributed by atoms with Crippen molar-refractivity contribution in [1.29, 1.82) is 0 Å². The lowest BCUT2D eigenvalue weighted by Crippen LogP contribution is -2.29. The molecular weight excluding hydrogens is 312 g/mol. The van der Waals surface area contributed by atoms with Crippen LogP contribution >= 0.6 is 11.3 Å². The lowest BCUT2D eigenvalue weighted by molar-refractivity contribution is 0.0736. The number of hydrogen-bond donors (Lipinski definition) is 2. The quantitative estimate of drug-likeness (QED) is 0.594. The summed E-state index contributed by atoms with van der Waals surface area (Å²) in [6, 6.07) is 1.95. The van der Waals surface area contributed by atoms with Crippen molar-refractivity contribution in [3.8, 4) is 0 Å². The highest BCUT2D eigenvalue weighted by atomic mass is 32.2. The first-order valence-electron chi connectivity index (χ1n) is 6.83. The van der Waals surface area contributed by atoms with Crippen molar-refractivity contribution in [3.63, 3.8) is 0 Å². The minimum Gasteiger partial charge on any atom is -0.382 e. The number of ether oxygens (including phenoxy) is 2. The second kappa shape index (κ2) is 9.50. The maximum atomic E-state index is 12.2. The van der Waals surface area contributed by atoms with Gasteiger partial charge in [0.15, 0.2) is 0 Å². The molecule has 0 radical (unpaired) electrons. The normalized spacial score (nSPS) is 12.2. The largest absolute Gasteiger partial charge is 0.382 e. The maximum Gasteiger partial charge on any atom is 0.241 e. The molecule has 8 heteroatoms. The number of nitrogens with one attached hydrogen (secondary N) is 2. The molecule has 0 unspecified atom stereocenters. The van der Waals surface area contributed by atoms with E-state index in [0.717, 1.165) is 4.88 Å². The Bertz CT molecular complexity index is 500. The summed E-state index contributed by atoms with van der Waals surface area (Å²) in [6.07, 6.45) is 0. The smallest absolute Gasteiger partial charge is 0.241 e. The van der Waals surface area contributed by atoms with Gasteiger partial charge in [0.1, 0.15) is 0 Å². The third-order valence-corrected chi connectivity index (χ3v) is 5.23. The zero-order valence-electron chi connectivity index (χ0n) is 12.7. The third kappa shape index (κ3) is 6.86. The molecule has 0 bridgehead atoms. The number of thiophene rings is 1. The summed E-state index contributed by atoms with van der Waals surface area (Å²) in [5.41, 5.74) is 0. The van der Waals surface area contributed by atoms with E-state index in [4.69, 9.17) is 9.47 Å². The molecule has 21 heavy (non-hydrogen) atoms. The van der Waals surface area contributed by atoms with Crippen LogP contribution in [0.15, 0.2) is 16.3 Å². The molecule has 1 rings (SSSR count). The Balaban J connectivity index is 2.48. The van der Waals surface area contributed by atoms with E-state index in [2.05, 4.69) is 10.0 Å². The molecule has 1 aromatic heterocycles. The van der Waals surface area contributed by atoms with Crippen LogP contribution in [0, 0.1) is 0 Å². The summed E-state index contributed by atoms with van der Waals surface area (Å²) in [5, 5.41) is 5.02. The summed E-state index contributed by atoms with van der Waals surface area (Å²) in [7, 11) is -1.89. The van der Waals surface area contributed by atoms with Crippen LogP contribution in [0.25, 0.3) is 0 Å². The van der Waals surface area contributed by atoms with Crippen molar-refractivity contribution < 1.29 is 17.9 Å². The van der Waals surface area contributed by atoms with Crippen LogP contribution < -0.4 is 10.0 Å². The Hall–Kier alpha value is -0.510. The number of rotatable bonds is 11. The zero-order valence-corrected chi connectivity index (χ0v) is 14.4. The highest BCUT2D eigenvalue weighted by molar-refractivity contribution is 7.89. The Morgan fingerprint density at radius 1 is 1.29 bits per heavy atom. The van der Waals surface area contributed by atoms with Crippen molar-refractivity contribution >= 4 is 21.4 Å². The van der Waals surface area contributed by atoms with Crippen molar-refractivity contribution in [2.45, 2.75) is 31.3 Å². The molecule has 122 valence electrons. The molecule has 0 saturated carbocycles. The van der Waals surface area contributed by atoms with Gasteiger partial charge in [-0.05, 0) is 11.4 Å². The van der Waals surface area contributed by atoms with Gasteiger partial charge in [-0.3, -0.25) is 0 Å². The Morgan fingerprint density at radius 2 is 2.05 bits per heavy atom. The van der Waals surface area contributed by atoms with E-state index >= 15 is 0 Å². The van der Waals surface area contributed by atoms with E-state index in [9.17, 15) is 8.42 Å². The molecule has 1 aromatic rings. The molecular formula is C13H24N2O4S2. The number of methoxy groups -OCH3 is 1. The number of hydrogen-bond acceptors (Lipinski definition) is 6. The van der Waals surface area contributed by atoms with Crippen molar-refractivity contribution in [2.24, 2.45) is 0 Å². The third-order valence-electron chi connectivity index (χ3n) is 2.64. The second-order valence-electron chi connectivity index (χ2n) is 4.75. The topological polar surface area (TPSA) is 76.7 Å². The van der Waals surface area contributed by atoms with E-state index in [1.807, 2.05) is 13.8 Å². The van der Waals surface area contributed by atoms with Gasteiger partial charge >= 0.3 is 0 Å². The van der Waals surface area contributed by atoms with Crippen LogP contribution in [-0.4, -0.2) is 47.9 Å². The fourth-order valence-corrected chi connectivity index (χ4v) is 3.97. The van der Waals surface area contributed by atoms with E-state index in [1.54, 1.807) is 18.6 Å². The fraction of sp³-hybridized carbons (Fsp3) is 0.692. The summed E-state index contributed by atoms with van der Waals surface area (Å²) in [6.45, 7) is 6.14.